The summed E-state index contributed by atoms with van der Waals surface area (Å²) in [5, 5.41) is 4.69. The molecule has 1 fully saturated rings. The first kappa shape index (κ1) is 21.4. The van der Waals surface area contributed by atoms with Crippen LogP contribution in [0, 0.1) is 5.82 Å². The molecule has 1 aliphatic heterocycles. The van der Waals surface area contributed by atoms with Crippen LogP contribution in [0.2, 0.25) is 5.02 Å². The molecule has 5 rings (SSSR count). The van der Waals surface area contributed by atoms with Crippen molar-refractivity contribution in [1.29, 1.82) is 0 Å². The van der Waals surface area contributed by atoms with Gasteiger partial charge in [-0.15, -0.1) is 0 Å². The average Bonchev–Trinajstić information content (AvgIpc) is 3.34. The molecule has 0 spiro atoms. The highest BCUT2D eigenvalue weighted by Gasteiger charge is 2.19. The molecule has 1 saturated heterocycles. The summed E-state index contributed by atoms with van der Waals surface area (Å²) in [6, 6.07) is 19.9. The largest absolute Gasteiger partial charge is 0.488 e. The number of para-hydroxylation sites is 1. The number of morpholine rings is 1. The summed E-state index contributed by atoms with van der Waals surface area (Å²) in [6.45, 7) is 2.80. The number of rotatable bonds is 6. The van der Waals surface area contributed by atoms with Gasteiger partial charge < -0.3 is 18.9 Å². The quantitative estimate of drug-likeness (QED) is 0.369. The third-order valence-corrected chi connectivity index (χ3v) is 5.81. The van der Waals surface area contributed by atoms with Crippen molar-refractivity contribution < 1.29 is 18.4 Å². The van der Waals surface area contributed by atoms with Crippen LogP contribution in [0.25, 0.3) is 22.8 Å². The first-order chi connectivity index (χ1) is 16.2. The van der Waals surface area contributed by atoms with E-state index in [2.05, 4.69) is 10.1 Å². The molecule has 4 aromatic rings. The van der Waals surface area contributed by atoms with Crippen LogP contribution in [0.1, 0.15) is 5.56 Å². The minimum atomic E-state index is -0.329. The summed E-state index contributed by atoms with van der Waals surface area (Å²) in [7, 11) is 0. The molecule has 0 unspecified atom stereocenters. The van der Waals surface area contributed by atoms with E-state index in [-0.39, 0.29) is 11.7 Å². The fourth-order valence-corrected chi connectivity index (χ4v) is 3.89. The first-order valence-corrected chi connectivity index (χ1v) is 11.0. The predicted octanol–water partition coefficient (Wildman–Crippen LogP) is 5.61. The van der Waals surface area contributed by atoms with E-state index >= 15 is 0 Å². The Morgan fingerprint density at radius 2 is 1.79 bits per heavy atom. The molecule has 0 bridgehead atoms. The number of aromatic nitrogens is 2. The average molecular weight is 466 g/mol. The summed E-state index contributed by atoms with van der Waals surface area (Å²) in [5.74, 6) is 0.849. The lowest BCUT2D eigenvalue weighted by molar-refractivity contribution is 0.122. The molecule has 2 heterocycles. The highest BCUT2D eigenvalue weighted by atomic mass is 35.5. The molecule has 0 amide bonds. The lowest BCUT2D eigenvalue weighted by Gasteiger charge is -2.29. The van der Waals surface area contributed by atoms with Crippen LogP contribution in [0.4, 0.5) is 10.1 Å². The molecule has 33 heavy (non-hydrogen) atoms. The van der Waals surface area contributed by atoms with Crippen molar-refractivity contribution in [2.45, 2.75) is 6.61 Å². The molecular weight excluding hydrogens is 445 g/mol. The summed E-state index contributed by atoms with van der Waals surface area (Å²) >= 11 is 6.23. The molecule has 1 aliphatic rings. The highest BCUT2D eigenvalue weighted by molar-refractivity contribution is 6.31. The van der Waals surface area contributed by atoms with E-state index in [9.17, 15) is 4.39 Å². The van der Waals surface area contributed by atoms with E-state index in [1.54, 1.807) is 12.1 Å². The molecule has 3 aromatic carbocycles. The van der Waals surface area contributed by atoms with Crippen LogP contribution in [-0.2, 0) is 11.3 Å². The Bertz CT molecular complexity index is 1260. The molecule has 0 N–H and O–H groups in total. The van der Waals surface area contributed by atoms with Crippen LogP contribution < -0.4 is 9.64 Å². The smallest absolute Gasteiger partial charge is 0.262 e. The summed E-state index contributed by atoms with van der Waals surface area (Å²) in [5.41, 5.74) is 2.60. The topological polar surface area (TPSA) is 60.6 Å². The van der Waals surface area contributed by atoms with Gasteiger partial charge in [-0.25, -0.2) is 4.39 Å². The van der Waals surface area contributed by atoms with Gasteiger partial charge in [0.25, 0.3) is 5.89 Å². The zero-order valence-corrected chi connectivity index (χ0v) is 18.5. The van der Waals surface area contributed by atoms with E-state index in [1.165, 1.54) is 6.07 Å². The Balaban J connectivity index is 1.37. The summed E-state index contributed by atoms with van der Waals surface area (Å²) in [6.07, 6.45) is 0. The minimum absolute atomic E-state index is 0.289. The second kappa shape index (κ2) is 9.60. The molecule has 0 aliphatic carbocycles. The van der Waals surface area contributed by atoms with Crippen molar-refractivity contribution in [3.8, 4) is 28.6 Å². The Kier molecular flexibility index (Phi) is 6.24. The van der Waals surface area contributed by atoms with Gasteiger partial charge in [-0.05, 0) is 36.4 Å². The van der Waals surface area contributed by atoms with Crippen molar-refractivity contribution in [2.75, 3.05) is 31.2 Å². The number of nitrogens with zero attached hydrogens (tertiary/aromatic N) is 3. The third kappa shape index (κ3) is 4.69. The van der Waals surface area contributed by atoms with Gasteiger partial charge in [-0.3, -0.25) is 0 Å². The molecule has 0 radical (unpaired) electrons. The van der Waals surface area contributed by atoms with E-state index < -0.39 is 0 Å². The first-order valence-electron chi connectivity index (χ1n) is 10.6. The molecule has 8 heteroatoms. The van der Waals surface area contributed by atoms with Crippen molar-refractivity contribution in [3.05, 3.63) is 83.1 Å². The number of hydrogen-bond acceptors (Lipinski definition) is 6. The Labute approximate surface area is 195 Å². The van der Waals surface area contributed by atoms with Crippen LogP contribution in [0.3, 0.4) is 0 Å². The Morgan fingerprint density at radius 3 is 2.61 bits per heavy atom. The maximum absolute atomic E-state index is 14.8. The van der Waals surface area contributed by atoms with Crippen molar-refractivity contribution in [2.24, 2.45) is 0 Å². The van der Waals surface area contributed by atoms with Crippen LogP contribution >= 0.6 is 11.6 Å². The van der Waals surface area contributed by atoms with Gasteiger partial charge in [-0.2, -0.15) is 4.98 Å². The fraction of sp³-hybridized carbons (Fsp3) is 0.200. The van der Waals surface area contributed by atoms with Gasteiger partial charge in [0.2, 0.25) is 5.82 Å². The van der Waals surface area contributed by atoms with Gasteiger partial charge >= 0.3 is 0 Å². The monoisotopic (exact) mass is 465 g/mol. The molecule has 0 atom stereocenters. The van der Waals surface area contributed by atoms with Crippen LogP contribution in [-0.4, -0.2) is 36.4 Å². The lowest BCUT2D eigenvalue weighted by atomic mass is 10.1. The number of anilines is 1. The minimum Gasteiger partial charge on any atom is -0.488 e. The van der Waals surface area contributed by atoms with E-state index in [0.29, 0.717) is 66.3 Å². The second-order valence-electron chi connectivity index (χ2n) is 7.56. The van der Waals surface area contributed by atoms with Crippen molar-refractivity contribution >= 4 is 17.3 Å². The standard InChI is InChI=1S/C25H21ClFN3O3/c26-20-7-3-1-5-18(20)16-32-23-8-4-2-6-19(23)25-28-24(29-33-25)17-9-10-22(21(27)15-17)30-11-13-31-14-12-30/h1-10,15H,11-14,16H2. The van der Waals surface area contributed by atoms with Crippen LogP contribution in [0.5, 0.6) is 5.75 Å². The maximum Gasteiger partial charge on any atom is 0.262 e. The third-order valence-electron chi connectivity index (χ3n) is 5.44. The number of benzene rings is 3. The van der Waals surface area contributed by atoms with Crippen molar-refractivity contribution in [3.63, 3.8) is 0 Å². The SMILES string of the molecule is Fc1cc(-c2noc(-c3ccccc3OCc3ccccc3Cl)n2)ccc1N1CCOCC1. The maximum atomic E-state index is 14.8. The highest BCUT2D eigenvalue weighted by Crippen LogP contribution is 2.32. The fourth-order valence-electron chi connectivity index (χ4n) is 3.70. The second-order valence-corrected chi connectivity index (χ2v) is 7.97. The van der Waals surface area contributed by atoms with Crippen LogP contribution in [0.15, 0.2) is 71.3 Å². The Morgan fingerprint density at radius 1 is 1.00 bits per heavy atom. The van der Waals surface area contributed by atoms with Gasteiger partial charge in [0, 0.05) is 29.2 Å². The molecule has 0 saturated carbocycles. The van der Waals surface area contributed by atoms with Gasteiger partial charge in [-0.1, -0.05) is 47.1 Å². The molecule has 6 nitrogen and oxygen atoms in total. The van der Waals surface area contributed by atoms with Gasteiger partial charge in [0.1, 0.15) is 18.2 Å². The summed E-state index contributed by atoms with van der Waals surface area (Å²) < 4.78 is 31.6. The summed E-state index contributed by atoms with van der Waals surface area (Å²) in [4.78, 5) is 6.45. The van der Waals surface area contributed by atoms with E-state index in [1.807, 2.05) is 53.4 Å². The molecule has 168 valence electrons. The molecule has 1 aromatic heterocycles. The number of halogens is 2. The van der Waals surface area contributed by atoms with E-state index in [0.717, 1.165) is 5.56 Å². The van der Waals surface area contributed by atoms with Gasteiger partial charge in [0.05, 0.1) is 24.5 Å². The number of hydrogen-bond donors (Lipinski definition) is 0. The number of ether oxygens (including phenoxy) is 2. The zero-order chi connectivity index (χ0) is 22.6. The van der Waals surface area contributed by atoms with Crippen molar-refractivity contribution in [1.82, 2.24) is 10.1 Å². The van der Waals surface area contributed by atoms with E-state index in [4.69, 9.17) is 25.6 Å². The zero-order valence-electron chi connectivity index (χ0n) is 17.7. The molecular formula is C25H21ClFN3O3. The lowest BCUT2D eigenvalue weighted by Crippen LogP contribution is -2.36. The van der Waals surface area contributed by atoms with Gasteiger partial charge in [0.15, 0.2) is 0 Å². The normalized spacial score (nSPS) is 13.8. The Hall–Kier alpha value is -3.42. The predicted molar refractivity (Wildman–Crippen MR) is 124 cm³/mol.